The van der Waals surface area contributed by atoms with Crippen molar-refractivity contribution >= 4 is 0 Å². The molecule has 0 bridgehead atoms. The summed E-state index contributed by atoms with van der Waals surface area (Å²) in [4.78, 5) is 0. The third-order valence-electron chi connectivity index (χ3n) is 2.75. The molecule has 0 heterocycles. The molecule has 1 nitrogen and oxygen atoms in total. The van der Waals surface area contributed by atoms with E-state index in [1.54, 1.807) is 0 Å². The maximum absolute atomic E-state index is 10.2. The zero-order chi connectivity index (χ0) is 9.78. The highest BCUT2D eigenvalue weighted by Gasteiger charge is 2.33. The normalized spacial score (nSPS) is 12.6. The molecular weight excluding hydrogens is 148 g/mol. The molecule has 0 aromatic heterocycles. The van der Waals surface area contributed by atoms with Crippen LogP contribution in [0.1, 0.15) is 40.5 Å². The van der Waals surface area contributed by atoms with Crippen LogP contribution in [0.3, 0.4) is 0 Å². The Bertz CT molecular complexity index is 128. The Hall–Kier alpha value is -0.300. The summed E-state index contributed by atoms with van der Waals surface area (Å²) in [6.07, 6.45) is 3.59. The van der Waals surface area contributed by atoms with E-state index in [0.717, 1.165) is 12.8 Å². The molecule has 0 aliphatic rings. The number of rotatable bonds is 5. The average molecular weight is 170 g/mol. The lowest BCUT2D eigenvalue weighted by atomic mass is 9.77. The van der Waals surface area contributed by atoms with Crippen LogP contribution in [-0.2, 0) is 0 Å². The van der Waals surface area contributed by atoms with Gasteiger partial charge in [-0.25, -0.2) is 0 Å². The summed E-state index contributed by atoms with van der Waals surface area (Å²) >= 11 is 0. The van der Waals surface area contributed by atoms with Crippen LogP contribution in [-0.4, -0.2) is 10.7 Å². The Morgan fingerprint density at radius 2 is 1.67 bits per heavy atom. The first-order valence-electron chi connectivity index (χ1n) is 4.78. The minimum absolute atomic E-state index is 0.317. The second kappa shape index (κ2) is 4.66. The Labute approximate surface area is 76.5 Å². The van der Waals surface area contributed by atoms with Gasteiger partial charge in [-0.1, -0.05) is 33.8 Å². The first-order chi connectivity index (χ1) is 5.45. The molecule has 0 aliphatic carbocycles. The molecule has 1 N–H and O–H groups in total. The van der Waals surface area contributed by atoms with Gasteiger partial charge in [-0.2, -0.15) is 0 Å². The van der Waals surface area contributed by atoms with Crippen molar-refractivity contribution < 1.29 is 5.11 Å². The second-order valence-corrected chi connectivity index (χ2v) is 4.13. The third kappa shape index (κ3) is 2.63. The van der Waals surface area contributed by atoms with E-state index in [-0.39, 0.29) is 0 Å². The van der Waals surface area contributed by atoms with Gasteiger partial charge in [-0.05, 0) is 24.7 Å². The van der Waals surface area contributed by atoms with E-state index >= 15 is 0 Å². The van der Waals surface area contributed by atoms with E-state index in [1.165, 1.54) is 0 Å². The van der Waals surface area contributed by atoms with Gasteiger partial charge in [0.2, 0.25) is 0 Å². The van der Waals surface area contributed by atoms with Crippen LogP contribution < -0.4 is 0 Å². The lowest BCUT2D eigenvalue weighted by molar-refractivity contribution is -0.0529. The van der Waals surface area contributed by atoms with Crippen molar-refractivity contribution in [2.24, 2.45) is 11.8 Å². The quantitative estimate of drug-likeness (QED) is 0.629. The summed E-state index contributed by atoms with van der Waals surface area (Å²) in [5.41, 5.74) is -0.520. The summed E-state index contributed by atoms with van der Waals surface area (Å²) < 4.78 is 0. The van der Waals surface area contributed by atoms with Crippen LogP contribution in [0.4, 0.5) is 0 Å². The average Bonchev–Trinajstić information content (AvgIpc) is 1.99. The highest BCUT2D eigenvalue weighted by Crippen LogP contribution is 2.30. The molecule has 0 rings (SSSR count). The molecular formula is C11H22O. The van der Waals surface area contributed by atoms with Gasteiger partial charge in [0, 0.05) is 0 Å². The van der Waals surface area contributed by atoms with Gasteiger partial charge >= 0.3 is 0 Å². The van der Waals surface area contributed by atoms with Gasteiger partial charge in [0.1, 0.15) is 0 Å². The van der Waals surface area contributed by atoms with E-state index in [1.807, 2.05) is 6.08 Å². The molecule has 0 saturated carbocycles. The minimum Gasteiger partial charge on any atom is -0.389 e. The molecule has 0 amide bonds. The third-order valence-corrected chi connectivity index (χ3v) is 2.75. The Balaban J connectivity index is 4.28. The Morgan fingerprint density at radius 3 is 1.92 bits per heavy atom. The fourth-order valence-corrected chi connectivity index (χ4v) is 1.58. The zero-order valence-corrected chi connectivity index (χ0v) is 8.80. The van der Waals surface area contributed by atoms with E-state index < -0.39 is 5.60 Å². The summed E-state index contributed by atoms with van der Waals surface area (Å²) in [5, 5.41) is 10.2. The number of aliphatic hydroxyl groups is 1. The number of hydrogen-bond acceptors (Lipinski definition) is 1. The summed E-state index contributed by atoms with van der Waals surface area (Å²) in [7, 11) is 0. The minimum atomic E-state index is -0.520. The molecule has 0 atom stereocenters. The molecule has 0 aromatic rings. The first-order valence-corrected chi connectivity index (χ1v) is 4.78. The standard InChI is InChI=1S/C11H22O/c1-6-7-8-11(12,9(2)3)10(4)5/h6,9-10,12H,1,7-8H2,2-5H3. The van der Waals surface area contributed by atoms with Crippen LogP contribution >= 0.6 is 0 Å². The number of hydrogen-bond donors (Lipinski definition) is 1. The molecule has 1 heteroatoms. The van der Waals surface area contributed by atoms with Gasteiger partial charge in [-0.3, -0.25) is 0 Å². The molecule has 72 valence electrons. The van der Waals surface area contributed by atoms with Crippen molar-refractivity contribution in [1.29, 1.82) is 0 Å². The van der Waals surface area contributed by atoms with Crippen molar-refractivity contribution in [2.75, 3.05) is 0 Å². The molecule has 12 heavy (non-hydrogen) atoms. The summed E-state index contributed by atoms with van der Waals surface area (Å²) in [6.45, 7) is 12.0. The fraction of sp³-hybridized carbons (Fsp3) is 0.818. The molecule has 0 aromatic carbocycles. The van der Waals surface area contributed by atoms with Gasteiger partial charge in [-0.15, -0.1) is 6.58 Å². The highest BCUT2D eigenvalue weighted by atomic mass is 16.3. The first kappa shape index (κ1) is 11.7. The van der Waals surface area contributed by atoms with Crippen LogP contribution in [0.25, 0.3) is 0 Å². The molecule has 0 fully saturated rings. The Morgan fingerprint density at radius 1 is 1.25 bits per heavy atom. The molecule has 0 aliphatic heterocycles. The molecule has 0 unspecified atom stereocenters. The predicted octanol–water partition coefficient (Wildman–Crippen LogP) is 3.00. The van der Waals surface area contributed by atoms with E-state index in [0.29, 0.717) is 11.8 Å². The second-order valence-electron chi connectivity index (χ2n) is 4.13. The smallest absolute Gasteiger partial charge is 0.0696 e. The Kier molecular flexibility index (Phi) is 4.54. The zero-order valence-electron chi connectivity index (χ0n) is 8.80. The van der Waals surface area contributed by atoms with Crippen molar-refractivity contribution in [3.8, 4) is 0 Å². The number of allylic oxidation sites excluding steroid dienone is 1. The lowest BCUT2D eigenvalue weighted by Crippen LogP contribution is -2.40. The van der Waals surface area contributed by atoms with E-state index in [4.69, 9.17) is 0 Å². The van der Waals surface area contributed by atoms with Gasteiger partial charge in [0.05, 0.1) is 5.60 Å². The van der Waals surface area contributed by atoms with Crippen molar-refractivity contribution in [2.45, 2.75) is 46.1 Å². The van der Waals surface area contributed by atoms with Crippen LogP contribution in [0.2, 0.25) is 0 Å². The molecule has 0 radical (unpaired) electrons. The van der Waals surface area contributed by atoms with Crippen LogP contribution in [0.5, 0.6) is 0 Å². The largest absolute Gasteiger partial charge is 0.389 e. The van der Waals surface area contributed by atoms with Crippen molar-refractivity contribution in [3.63, 3.8) is 0 Å². The lowest BCUT2D eigenvalue weighted by Gasteiger charge is -2.36. The molecule has 0 saturated heterocycles. The summed E-state index contributed by atoms with van der Waals surface area (Å²) in [6, 6.07) is 0. The van der Waals surface area contributed by atoms with Crippen molar-refractivity contribution in [3.05, 3.63) is 12.7 Å². The summed E-state index contributed by atoms with van der Waals surface area (Å²) in [5.74, 6) is 0.634. The molecule has 0 spiro atoms. The SMILES string of the molecule is C=CCCC(O)(C(C)C)C(C)C. The van der Waals surface area contributed by atoms with Crippen LogP contribution in [0.15, 0.2) is 12.7 Å². The topological polar surface area (TPSA) is 20.2 Å². The van der Waals surface area contributed by atoms with E-state index in [2.05, 4.69) is 34.3 Å². The fourth-order valence-electron chi connectivity index (χ4n) is 1.58. The van der Waals surface area contributed by atoms with Crippen LogP contribution in [0, 0.1) is 11.8 Å². The van der Waals surface area contributed by atoms with Crippen molar-refractivity contribution in [1.82, 2.24) is 0 Å². The maximum atomic E-state index is 10.2. The maximum Gasteiger partial charge on any atom is 0.0696 e. The van der Waals surface area contributed by atoms with Gasteiger partial charge in [0.15, 0.2) is 0 Å². The van der Waals surface area contributed by atoms with Gasteiger partial charge < -0.3 is 5.11 Å². The van der Waals surface area contributed by atoms with E-state index in [9.17, 15) is 5.11 Å². The predicted molar refractivity (Wildman–Crippen MR) is 54.1 cm³/mol. The van der Waals surface area contributed by atoms with Gasteiger partial charge in [0.25, 0.3) is 0 Å². The highest BCUT2D eigenvalue weighted by molar-refractivity contribution is 4.87. The monoisotopic (exact) mass is 170 g/mol.